The van der Waals surface area contributed by atoms with Crippen LogP contribution in [0, 0.1) is 24.1 Å². The van der Waals surface area contributed by atoms with Crippen molar-refractivity contribution in [3.8, 4) is 11.8 Å². The number of nitrogens with zero attached hydrogens (tertiary/aromatic N) is 1. The topological polar surface area (TPSA) is 59.0 Å². The fraction of sp³-hybridized carbons (Fsp3) is 0.235. The molecule has 0 fully saturated rings. The molecule has 0 aliphatic rings. The van der Waals surface area contributed by atoms with E-state index < -0.39 is 5.82 Å². The molecule has 0 aromatic heterocycles. The number of halogens is 1. The largest absolute Gasteiger partial charge is 0.489 e. The van der Waals surface area contributed by atoms with E-state index in [-0.39, 0.29) is 12.6 Å². The summed E-state index contributed by atoms with van der Waals surface area (Å²) in [6, 6.07) is 11.9. The Balaban J connectivity index is 2.12. The Hall–Kier alpha value is -2.38. The third-order valence-corrected chi connectivity index (χ3v) is 3.29. The van der Waals surface area contributed by atoms with Crippen LogP contribution in [0.4, 0.5) is 4.39 Å². The summed E-state index contributed by atoms with van der Waals surface area (Å²) in [5, 5.41) is 8.71. The van der Waals surface area contributed by atoms with E-state index in [1.165, 1.54) is 6.07 Å². The fourth-order valence-corrected chi connectivity index (χ4v) is 2.01. The van der Waals surface area contributed by atoms with Gasteiger partial charge in [-0.3, -0.25) is 0 Å². The minimum Gasteiger partial charge on any atom is -0.489 e. The highest BCUT2D eigenvalue weighted by Crippen LogP contribution is 2.23. The Morgan fingerprint density at radius 3 is 2.62 bits per heavy atom. The lowest BCUT2D eigenvalue weighted by Gasteiger charge is -2.12. The predicted octanol–water partition coefficient (Wildman–Crippen LogP) is 3.60. The third kappa shape index (κ3) is 3.59. The van der Waals surface area contributed by atoms with Crippen molar-refractivity contribution in [1.82, 2.24) is 0 Å². The lowest BCUT2D eigenvalue weighted by molar-refractivity contribution is 0.297. The molecule has 1 atom stereocenters. The molecule has 0 amide bonds. The van der Waals surface area contributed by atoms with E-state index in [1.54, 1.807) is 12.1 Å². The zero-order valence-electron chi connectivity index (χ0n) is 12.1. The molecule has 0 saturated heterocycles. The first-order chi connectivity index (χ1) is 10.0. The summed E-state index contributed by atoms with van der Waals surface area (Å²) in [6.45, 7) is 3.97. The van der Waals surface area contributed by atoms with Crippen molar-refractivity contribution in [2.45, 2.75) is 26.5 Å². The summed E-state index contributed by atoms with van der Waals surface area (Å²) in [7, 11) is 0. The maximum Gasteiger partial charge on any atom is 0.131 e. The molecule has 2 aromatic carbocycles. The Morgan fingerprint density at radius 1 is 1.29 bits per heavy atom. The van der Waals surface area contributed by atoms with Gasteiger partial charge in [0.05, 0.1) is 11.6 Å². The van der Waals surface area contributed by atoms with E-state index >= 15 is 0 Å². The highest BCUT2D eigenvalue weighted by atomic mass is 19.1. The van der Waals surface area contributed by atoms with Crippen molar-refractivity contribution in [1.29, 1.82) is 5.26 Å². The Bertz CT molecular complexity index is 690. The first kappa shape index (κ1) is 15.0. The van der Waals surface area contributed by atoms with Crippen molar-refractivity contribution in [3.63, 3.8) is 0 Å². The first-order valence-corrected chi connectivity index (χ1v) is 6.68. The molecule has 108 valence electrons. The smallest absolute Gasteiger partial charge is 0.131 e. The molecule has 0 heterocycles. The van der Waals surface area contributed by atoms with E-state index in [1.807, 2.05) is 38.1 Å². The molecular formula is C17H17FN2O. The molecule has 0 radical (unpaired) electrons. The van der Waals surface area contributed by atoms with Crippen LogP contribution >= 0.6 is 0 Å². The molecule has 0 aliphatic carbocycles. The van der Waals surface area contributed by atoms with Gasteiger partial charge in [-0.1, -0.05) is 18.2 Å². The van der Waals surface area contributed by atoms with Gasteiger partial charge in [0.1, 0.15) is 18.2 Å². The molecule has 0 saturated carbocycles. The fourth-order valence-electron chi connectivity index (χ4n) is 2.01. The van der Waals surface area contributed by atoms with Gasteiger partial charge in [0.15, 0.2) is 0 Å². The number of nitriles is 1. The van der Waals surface area contributed by atoms with E-state index in [2.05, 4.69) is 0 Å². The van der Waals surface area contributed by atoms with Crippen LogP contribution in [0.3, 0.4) is 0 Å². The monoisotopic (exact) mass is 284 g/mol. The van der Waals surface area contributed by atoms with Gasteiger partial charge in [0, 0.05) is 11.6 Å². The second-order valence-electron chi connectivity index (χ2n) is 5.02. The molecule has 0 spiro atoms. The van der Waals surface area contributed by atoms with Gasteiger partial charge in [-0.2, -0.15) is 5.26 Å². The number of benzene rings is 2. The summed E-state index contributed by atoms with van der Waals surface area (Å²) >= 11 is 0. The zero-order valence-corrected chi connectivity index (χ0v) is 12.1. The predicted molar refractivity (Wildman–Crippen MR) is 79.2 cm³/mol. The maximum absolute atomic E-state index is 13.8. The van der Waals surface area contributed by atoms with Crippen LogP contribution in [0.2, 0.25) is 0 Å². The highest BCUT2D eigenvalue weighted by Gasteiger charge is 2.07. The van der Waals surface area contributed by atoms with E-state index in [0.29, 0.717) is 16.9 Å². The van der Waals surface area contributed by atoms with Crippen LogP contribution in [-0.2, 0) is 6.61 Å². The molecule has 2 rings (SSSR count). The van der Waals surface area contributed by atoms with Crippen LogP contribution in [0.25, 0.3) is 0 Å². The third-order valence-electron chi connectivity index (χ3n) is 3.29. The molecule has 0 aliphatic heterocycles. The molecule has 3 nitrogen and oxygen atoms in total. The van der Waals surface area contributed by atoms with Gasteiger partial charge in [-0.05, 0) is 43.2 Å². The minimum absolute atomic E-state index is 0.0336. The van der Waals surface area contributed by atoms with Crippen LogP contribution in [0.5, 0.6) is 5.75 Å². The molecule has 4 heteroatoms. The van der Waals surface area contributed by atoms with E-state index in [9.17, 15) is 4.39 Å². The van der Waals surface area contributed by atoms with Crippen molar-refractivity contribution >= 4 is 0 Å². The number of hydrogen-bond donors (Lipinski definition) is 1. The average Bonchev–Trinajstić information content (AvgIpc) is 2.46. The average molecular weight is 284 g/mol. The molecular weight excluding hydrogens is 267 g/mol. The number of aryl methyl sites for hydroxylation is 1. The van der Waals surface area contributed by atoms with Crippen LogP contribution in [0.1, 0.15) is 35.2 Å². The lowest BCUT2D eigenvalue weighted by atomic mass is 10.1. The Morgan fingerprint density at radius 2 is 2.05 bits per heavy atom. The summed E-state index contributed by atoms with van der Waals surface area (Å²) in [5.41, 5.74) is 8.54. The number of rotatable bonds is 4. The second kappa shape index (κ2) is 6.38. The van der Waals surface area contributed by atoms with Crippen LogP contribution < -0.4 is 10.5 Å². The summed E-state index contributed by atoms with van der Waals surface area (Å²) < 4.78 is 19.4. The Kier molecular flexibility index (Phi) is 4.56. The molecule has 2 aromatic rings. The van der Waals surface area contributed by atoms with Crippen molar-refractivity contribution in [2.75, 3.05) is 0 Å². The van der Waals surface area contributed by atoms with Gasteiger partial charge < -0.3 is 10.5 Å². The van der Waals surface area contributed by atoms with Gasteiger partial charge in [-0.25, -0.2) is 4.39 Å². The van der Waals surface area contributed by atoms with Crippen molar-refractivity contribution in [3.05, 3.63) is 64.5 Å². The van der Waals surface area contributed by atoms with Crippen LogP contribution in [0.15, 0.2) is 36.4 Å². The van der Waals surface area contributed by atoms with Crippen LogP contribution in [-0.4, -0.2) is 0 Å². The van der Waals surface area contributed by atoms with Gasteiger partial charge >= 0.3 is 0 Å². The number of nitrogens with two attached hydrogens (primary N) is 1. The number of ether oxygens (including phenoxy) is 1. The SMILES string of the molecule is Cc1cc([C@H](C)N)ccc1OCc1ccc(C#N)cc1F. The molecule has 2 N–H and O–H groups in total. The summed E-state index contributed by atoms with van der Waals surface area (Å²) in [4.78, 5) is 0. The number of hydrogen-bond acceptors (Lipinski definition) is 3. The molecule has 21 heavy (non-hydrogen) atoms. The normalized spacial score (nSPS) is 11.8. The van der Waals surface area contributed by atoms with Gasteiger partial charge in [0.2, 0.25) is 0 Å². The summed E-state index contributed by atoms with van der Waals surface area (Å²) in [5.74, 6) is 0.266. The van der Waals surface area contributed by atoms with Crippen molar-refractivity contribution < 1.29 is 9.13 Å². The summed E-state index contributed by atoms with van der Waals surface area (Å²) in [6.07, 6.45) is 0. The highest BCUT2D eigenvalue weighted by molar-refractivity contribution is 5.38. The van der Waals surface area contributed by atoms with E-state index in [4.69, 9.17) is 15.7 Å². The maximum atomic E-state index is 13.8. The second-order valence-corrected chi connectivity index (χ2v) is 5.02. The van der Waals surface area contributed by atoms with Gasteiger partial charge in [-0.15, -0.1) is 0 Å². The van der Waals surface area contributed by atoms with Gasteiger partial charge in [0.25, 0.3) is 0 Å². The zero-order chi connectivity index (χ0) is 15.4. The van der Waals surface area contributed by atoms with E-state index in [0.717, 1.165) is 11.1 Å². The lowest BCUT2D eigenvalue weighted by Crippen LogP contribution is -2.06. The molecule has 0 bridgehead atoms. The molecule has 0 unspecified atom stereocenters. The standard InChI is InChI=1S/C17H17FN2O/c1-11-7-14(12(2)20)5-6-17(11)21-10-15-4-3-13(9-19)8-16(15)18/h3-8,12H,10,20H2,1-2H3/t12-/m0/s1. The quantitative estimate of drug-likeness (QED) is 0.933. The Labute approximate surface area is 123 Å². The first-order valence-electron chi connectivity index (χ1n) is 6.68. The minimum atomic E-state index is -0.432. The van der Waals surface area contributed by atoms with Crippen molar-refractivity contribution in [2.24, 2.45) is 5.73 Å².